The first-order valence-electron chi connectivity index (χ1n) is 20.4. The molecule has 0 radical (unpaired) electrons. The summed E-state index contributed by atoms with van der Waals surface area (Å²) in [5.41, 5.74) is -0.0523. The van der Waals surface area contributed by atoms with Crippen LogP contribution in [0.5, 0.6) is 0 Å². The molecule has 4 aliphatic rings. The van der Waals surface area contributed by atoms with Gasteiger partial charge in [-0.3, -0.25) is 19.2 Å². The first-order chi connectivity index (χ1) is 27.9. The number of amides is 5. The predicted molar refractivity (Wildman–Crippen MR) is 217 cm³/mol. The summed E-state index contributed by atoms with van der Waals surface area (Å²) in [6.07, 6.45) is 8.11. The van der Waals surface area contributed by atoms with Gasteiger partial charge in [-0.25, -0.2) is 17.9 Å². The van der Waals surface area contributed by atoms with E-state index in [9.17, 15) is 32.4 Å². The Labute approximate surface area is 338 Å². The molecule has 5 N–H and O–H groups in total. The molecule has 3 fully saturated rings. The largest absolute Gasteiger partial charge is 0.446 e. The second kappa shape index (κ2) is 17.2. The van der Waals surface area contributed by atoms with Crippen molar-refractivity contribution in [3.63, 3.8) is 0 Å². The van der Waals surface area contributed by atoms with Gasteiger partial charge in [0.2, 0.25) is 11.8 Å². The van der Waals surface area contributed by atoms with Crippen LogP contribution in [0.25, 0.3) is 10.9 Å². The van der Waals surface area contributed by atoms with E-state index in [1.807, 2.05) is 24.3 Å². The van der Waals surface area contributed by atoms with Crippen LogP contribution in [0.2, 0.25) is 0 Å². The minimum absolute atomic E-state index is 0.000293. The normalized spacial score (nSPS) is 27.1. The average molecular weight is 816 g/mol. The molecule has 3 heterocycles. The van der Waals surface area contributed by atoms with Crippen molar-refractivity contribution in [2.45, 2.75) is 112 Å². The molecule has 5 amide bonds. The highest BCUT2D eigenvalue weighted by atomic mass is 32.2. The number of carbonyl (C=O) groups excluding carboxylic acids is 5. The Kier molecular flexibility index (Phi) is 12.1. The summed E-state index contributed by atoms with van der Waals surface area (Å²) in [4.78, 5) is 71.3. The highest BCUT2D eigenvalue weighted by Gasteiger charge is 2.61. The predicted octanol–water partition coefficient (Wildman–Crippen LogP) is 4.25. The molecule has 58 heavy (non-hydrogen) atoms. The monoisotopic (exact) mass is 815 g/mol. The average Bonchev–Trinajstić information content (AvgIpc) is 3.51. The molecule has 1 spiro atoms. The number of hydrogen-bond donors (Lipinski definition) is 5. The molecule has 0 unspecified atom stereocenters. The van der Waals surface area contributed by atoms with E-state index >= 15 is 0 Å². The molecule has 2 aliphatic carbocycles. The second-order valence-corrected chi connectivity index (χ2v) is 17.6. The second-order valence-electron chi connectivity index (χ2n) is 16.0. The van der Waals surface area contributed by atoms with E-state index in [1.54, 1.807) is 35.9 Å². The van der Waals surface area contributed by atoms with Crippen LogP contribution >= 0.6 is 0 Å². The topological polar surface area (TPSA) is 197 Å². The van der Waals surface area contributed by atoms with E-state index in [4.69, 9.17) is 4.74 Å². The van der Waals surface area contributed by atoms with Gasteiger partial charge in [0.05, 0.1) is 5.69 Å². The summed E-state index contributed by atoms with van der Waals surface area (Å²) in [6, 6.07) is 12.8. The lowest BCUT2D eigenvalue weighted by molar-refractivity contribution is -0.141. The number of aryl methyl sites for hydroxylation is 1. The number of nitrogens with zero attached hydrogens (tertiary/aromatic N) is 2. The van der Waals surface area contributed by atoms with Crippen LogP contribution in [0.15, 0.2) is 72.1 Å². The molecule has 1 aromatic heterocycles. The lowest BCUT2D eigenvalue weighted by Crippen LogP contribution is -2.58. The van der Waals surface area contributed by atoms with Gasteiger partial charge in [-0.15, -0.1) is 6.58 Å². The van der Waals surface area contributed by atoms with Gasteiger partial charge < -0.3 is 35.5 Å². The summed E-state index contributed by atoms with van der Waals surface area (Å²) < 4.78 is 37.1. The van der Waals surface area contributed by atoms with Crippen molar-refractivity contribution in [2.24, 2.45) is 13.0 Å². The summed E-state index contributed by atoms with van der Waals surface area (Å²) in [5, 5.41) is 12.7. The molecule has 7 rings (SSSR count). The molecule has 15 nitrogen and oxygen atoms in total. The van der Waals surface area contributed by atoms with Crippen LogP contribution in [0.4, 0.5) is 10.5 Å². The highest BCUT2D eigenvalue weighted by Crippen LogP contribution is 2.45. The van der Waals surface area contributed by atoms with Gasteiger partial charge in [-0.05, 0) is 75.6 Å². The van der Waals surface area contributed by atoms with E-state index < -0.39 is 69.3 Å². The Bertz CT molecular complexity index is 2180. The summed E-state index contributed by atoms with van der Waals surface area (Å²) in [5.74, 6) is -3.13. The van der Waals surface area contributed by atoms with Crippen molar-refractivity contribution in [3.05, 3.63) is 72.9 Å². The van der Waals surface area contributed by atoms with Crippen LogP contribution in [0.3, 0.4) is 0 Å². The molecule has 2 saturated carbocycles. The van der Waals surface area contributed by atoms with E-state index in [0.717, 1.165) is 62.3 Å². The Morgan fingerprint density at radius 3 is 2.40 bits per heavy atom. The Balaban J connectivity index is 1.18. The Morgan fingerprint density at radius 2 is 1.64 bits per heavy atom. The maximum Gasteiger partial charge on any atom is 0.408 e. The number of para-hydroxylation sites is 2. The summed E-state index contributed by atoms with van der Waals surface area (Å²) >= 11 is 0. The Hall–Kier alpha value is -5.38. The third-order valence-corrected chi connectivity index (χ3v) is 13.4. The minimum atomic E-state index is -4.39. The number of anilines is 1. The third kappa shape index (κ3) is 8.71. The van der Waals surface area contributed by atoms with E-state index in [-0.39, 0.29) is 30.4 Å². The molecule has 2 aromatic carbocycles. The van der Waals surface area contributed by atoms with Gasteiger partial charge in [0.1, 0.15) is 34.3 Å². The van der Waals surface area contributed by atoms with Gasteiger partial charge in [0.15, 0.2) is 0 Å². The number of fused-ring (bicyclic) bond motifs is 3. The molecule has 1 saturated heterocycles. The van der Waals surface area contributed by atoms with Crippen molar-refractivity contribution in [1.29, 1.82) is 0 Å². The van der Waals surface area contributed by atoms with Gasteiger partial charge in [-0.1, -0.05) is 62.1 Å². The van der Waals surface area contributed by atoms with Crippen molar-refractivity contribution >= 4 is 56.3 Å². The minimum Gasteiger partial charge on any atom is -0.446 e. The van der Waals surface area contributed by atoms with Crippen LogP contribution in [0, 0.1) is 5.92 Å². The maximum atomic E-state index is 14.6. The quantitative estimate of drug-likeness (QED) is 0.234. The standard InChI is InChI=1S/C42H53N7O8S/c1-3-28-25-42(28)40(53)47-58(55,56)36-21-13-11-18-31(36)43-22-14-6-4-5-7-19-32(45-41(54)57-30-16-9-10-17-30)39(52)49-26-29(24-35(49)38(51)46-42)44-37(50)34-23-27-15-8-12-20-33(27)48(34)2/h3,8,11-13,15,18,20-21,23,28-30,32,35,43H,1,4-7,9-10,14,16-17,19,22,24-26H2,2H3,(H,44,50)(H,45,54)(H,46,51)(H,47,53)/t28-,29-,32+,35+,42-/m1/s1. The lowest BCUT2D eigenvalue weighted by atomic mass is 10.0. The smallest absolute Gasteiger partial charge is 0.408 e. The molecular weight excluding hydrogens is 763 g/mol. The molecule has 16 heteroatoms. The van der Waals surface area contributed by atoms with Crippen molar-refractivity contribution in [2.75, 3.05) is 18.4 Å². The fourth-order valence-electron chi connectivity index (χ4n) is 8.67. The number of aromatic nitrogens is 1. The first kappa shape index (κ1) is 40.8. The summed E-state index contributed by atoms with van der Waals surface area (Å²) in [6.45, 7) is 4.25. The van der Waals surface area contributed by atoms with E-state index in [1.165, 1.54) is 17.0 Å². The zero-order valence-corrected chi connectivity index (χ0v) is 33.7. The van der Waals surface area contributed by atoms with Crippen molar-refractivity contribution in [3.8, 4) is 0 Å². The van der Waals surface area contributed by atoms with Crippen molar-refractivity contribution < 1.29 is 37.1 Å². The van der Waals surface area contributed by atoms with Gasteiger partial charge in [0, 0.05) is 43.0 Å². The number of benzene rings is 2. The molecule has 2 aliphatic heterocycles. The fourth-order valence-corrected chi connectivity index (χ4v) is 9.89. The number of hydrogen-bond acceptors (Lipinski definition) is 9. The van der Waals surface area contributed by atoms with Gasteiger partial charge in [0.25, 0.3) is 21.8 Å². The fraction of sp³-hybridized carbons (Fsp3) is 0.500. The number of carbonyl (C=O) groups is 5. The van der Waals surface area contributed by atoms with Crippen LogP contribution in [0.1, 0.15) is 87.5 Å². The van der Waals surface area contributed by atoms with Crippen LogP contribution in [-0.4, -0.2) is 90.5 Å². The third-order valence-electron chi connectivity index (χ3n) is 12.0. The number of rotatable bonds is 5. The first-order valence-corrected chi connectivity index (χ1v) is 21.9. The Morgan fingerprint density at radius 1 is 0.931 bits per heavy atom. The molecular formula is C42H53N7O8S. The lowest BCUT2D eigenvalue weighted by Gasteiger charge is -2.30. The zero-order valence-electron chi connectivity index (χ0n) is 32.8. The van der Waals surface area contributed by atoms with Crippen molar-refractivity contribution in [1.82, 2.24) is 30.1 Å². The van der Waals surface area contributed by atoms with Crippen LogP contribution in [-0.2, 0) is 36.2 Å². The maximum absolute atomic E-state index is 14.6. The number of nitrogens with one attached hydrogen (secondary N) is 5. The molecule has 3 aromatic rings. The van der Waals surface area contributed by atoms with Gasteiger partial charge in [-0.2, -0.15) is 0 Å². The molecule has 0 bridgehead atoms. The van der Waals surface area contributed by atoms with E-state index in [2.05, 4.69) is 32.6 Å². The number of ether oxygens (including phenoxy) is 1. The van der Waals surface area contributed by atoms with Crippen LogP contribution < -0.4 is 26.0 Å². The summed E-state index contributed by atoms with van der Waals surface area (Å²) in [7, 11) is -2.60. The highest BCUT2D eigenvalue weighted by molar-refractivity contribution is 7.90. The molecule has 310 valence electrons. The number of alkyl carbamates (subject to hydrolysis) is 1. The zero-order chi connectivity index (χ0) is 41.0. The molecule has 5 atom stereocenters. The SMILES string of the molecule is C=C[C@@H]1C[C@@]12NC(=O)[C@@H]1C[C@@H](NC(=O)c3cc4ccccc4n3C)CN1C(=O)[C@@H](NC(=O)OC1CCCC1)CCCCCCCNc1ccccc1S(=O)(=O)NC2=O. The van der Waals surface area contributed by atoms with Gasteiger partial charge >= 0.3 is 6.09 Å². The number of sulfonamides is 1. The van der Waals surface area contributed by atoms with E-state index in [0.29, 0.717) is 30.8 Å².